The van der Waals surface area contributed by atoms with E-state index in [1.165, 1.54) is 5.56 Å². The number of aromatic nitrogens is 2. The molecule has 2 heterocycles. The molecule has 0 aliphatic carbocycles. The van der Waals surface area contributed by atoms with Crippen molar-refractivity contribution in [2.75, 3.05) is 5.32 Å². The van der Waals surface area contributed by atoms with E-state index in [0.717, 1.165) is 30.0 Å². The molecule has 0 unspecified atom stereocenters. The van der Waals surface area contributed by atoms with Crippen molar-refractivity contribution in [1.29, 1.82) is 0 Å². The highest BCUT2D eigenvalue weighted by Gasteiger charge is 2.03. The molecule has 0 atom stereocenters. The van der Waals surface area contributed by atoms with Crippen LogP contribution in [-0.2, 0) is 13.1 Å². The van der Waals surface area contributed by atoms with Gasteiger partial charge in [0.25, 0.3) is 0 Å². The van der Waals surface area contributed by atoms with E-state index in [-0.39, 0.29) is 0 Å². The summed E-state index contributed by atoms with van der Waals surface area (Å²) < 4.78 is 7.41. The summed E-state index contributed by atoms with van der Waals surface area (Å²) in [6.45, 7) is 5.82. The van der Waals surface area contributed by atoms with Crippen LogP contribution in [0.25, 0.3) is 11.3 Å². The number of nitrogens with one attached hydrogen (secondary N) is 1. The van der Waals surface area contributed by atoms with Gasteiger partial charge in [-0.05, 0) is 30.7 Å². The average Bonchev–Trinajstić information content (AvgIpc) is 3.14. The summed E-state index contributed by atoms with van der Waals surface area (Å²) in [5.74, 6) is 0.688. The predicted molar refractivity (Wildman–Crippen MR) is 84.1 cm³/mol. The Labute approximate surface area is 124 Å². The second-order valence-electron chi connectivity index (χ2n) is 5.03. The van der Waals surface area contributed by atoms with Crippen molar-refractivity contribution >= 4 is 5.69 Å². The van der Waals surface area contributed by atoms with Crippen molar-refractivity contribution in [3.05, 3.63) is 60.4 Å². The number of rotatable bonds is 5. The Bertz CT molecular complexity index is 710. The molecule has 0 saturated carbocycles. The lowest BCUT2D eigenvalue weighted by atomic mass is 10.1. The van der Waals surface area contributed by atoms with Gasteiger partial charge < -0.3 is 14.3 Å². The Morgan fingerprint density at radius 1 is 1.19 bits per heavy atom. The van der Waals surface area contributed by atoms with E-state index in [2.05, 4.69) is 64.5 Å². The molecule has 0 fully saturated rings. The van der Waals surface area contributed by atoms with Crippen molar-refractivity contribution in [3.63, 3.8) is 0 Å². The summed E-state index contributed by atoms with van der Waals surface area (Å²) in [6, 6.07) is 10.4. The van der Waals surface area contributed by atoms with E-state index in [9.17, 15) is 0 Å². The Balaban J connectivity index is 1.64. The lowest BCUT2D eigenvalue weighted by Gasteiger charge is -2.05. The van der Waals surface area contributed by atoms with Gasteiger partial charge in [0.2, 0.25) is 0 Å². The van der Waals surface area contributed by atoms with Crippen molar-refractivity contribution in [2.45, 2.75) is 26.9 Å². The van der Waals surface area contributed by atoms with Crippen LogP contribution in [0, 0.1) is 6.92 Å². The summed E-state index contributed by atoms with van der Waals surface area (Å²) in [7, 11) is 0. The van der Waals surface area contributed by atoms with E-state index >= 15 is 0 Å². The number of hydrogen-bond donors (Lipinski definition) is 1. The highest BCUT2D eigenvalue weighted by atomic mass is 16.3. The topological polar surface area (TPSA) is 43.0 Å². The highest BCUT2D eigenvalue weighted by Crippen LogP contribution is 2.21. The molecular weight excluding hydrogens is 262 g/mol. The van der Waals surface area contributed by atoms with Gasteiger partial charge in [0, 0.05) is 43.7 Å². The second-order valence-corrected chi connectivity index (χ2v) is 5.03. The highest BCUT2D eigenvalue weighted by molar-refractivity contribution is 5.61. The zero-order chi connectivity index (χ0) is 14.7. The lowest BCUT2D eigenvalue weighted by molar-refractivity contribution is 0.521. The molecule has 0 spiro atoms. The van der Waals surface area contributed by atoms with Gasteiger partial charge in [-0.1, -0.05) is 12.1 Å². The molecule has 0 aliphatic heterocycles. The molecule has 4 nitrogen and oxygen atoms in total. The quantitative estimate of drug-likeness (QED) is 0.766. The number of benzene rings is 1. The number of aryl methyl sites for hydroxylation is 2. The normalized spacial score (nSPS) is 10.8. The van der Waals surface area contributed by atoms with Crippen molar-refractivity contribution in [2.24, 2.45) is 0 Å². The van der Waals surface area contributed by atoms with E-state index < -0.39 is 0 Å². The van der Waals surface area contributed by atoms with Gasteiger partial charge in [0.15, 0.2) is 5.89 Å². The van der Waals surface area contributed by atoms with Crippen LogP contribution in [0.1, 0.15) is 18.4 Å². The monoisotopic (exact) mass is 281 g/mol. The summed E-state index contributed by atoms with van der Waals surface area (Å²) in [6.07, 6.45) is 5.96. The Kier molecular flexibility index (Phi) is 3.77. The van der Waals surface area contributed by atoms with Crippen LogP contribution in [0.15, 0.2) is 53.4 Å². The Morgan fingerprint density at radius 3 is 2.62 bits per heavy atom. The first kappa shape index (κ1) is 13.5. The fraction of sp³-hybridized carbons (Fsp3) is 0.235. The maximum absolute atomic E-state index is 5.24. The molecule has 2 aromatic heterocycles. The molecule has 0 amide bonds. The minimum atomic E-state index is 0.688. The minimum absolute atomic E-state index is 0.688. The standard InChI is InChI=1S/C17H19N3O/c1-3-20-9-8-14(11-20)10-18-16-6-4-15(5-7-16)17-12-21-13(2)19-17/h4-9,11-12,18H,3,10H2,1-2H3. The number of nitrogens with zero attached hydrogens (tertiary/aromatic N) is 2. The van der Waals surface area contributed by atoms with Gasteiger partial charge in [-0.25, -0.2) is 4.98 Å². The van der Waals surface area contributed by atoms with Gasteiger partial charge >= 0.3 is 0 Å². The largest absolute Gasteiger partial charge is 0.449 e. The first-order valence-corrected chi connectivity index (χ1v) is 7.15. The van der Waals surface area contributed by atoms with Gasteiger partial charge in [0.1, 0.15) is 12.0 Å². The van der Waals surface area contributed by atoms with Crippen LogP contribution in [0.5, 0.6) is 0 Å². The van der Waals surface area contributed by atoms with Crippen molar-refractivity contribution in [1.82, 2.24) is 9.55 Å². The Morgan fingerprint density at radius 2 is 2.00 bits per heavy atom. The fourth-order valence-corrected chi connectivity index (χ4v) is 2.25. The number of oxazole rings is 1. The molecule has 3 rings (SSSR count). The third kappa shape index (κ3) is 3.16. The molecule has 1 aromatic carbocycles. The first-order valence-electron chi connectivity index (χ1n) is 7.15. The molecule has 108 valence electrons. The van der Waals surface area contributed by atoms with Gasteiger partial charge in [0.05, 0.1) is 0 Å². The van der Waals surface area contributed by atoms with Crippen LogP contribution in [-0.4, -0.2) is 9.55 Å². The summed E-state index contributed by atoms with van der Waals surface area (Å²) in [5, 5.41) is 3.43. The van der Waals surface area contributed by atoms with Crippen molar-refractivity contribution in [3.8, 4) is 11.3 Å². The smallest absolute Gasteiger partial charge is 0.191 e. The van der Waals surface area contributed by atoms with Crippen LogP contribution in [0.4, 0.5) is 5.69 Å². The number of anilines is 1. The van der Waals surface area contributed by atoms with Gasteiger partial charge in [-0.3, -0.25) is 0 Å². The van der Waals surface area contributed by atoms with Crippen LogP contribution < -0.4 is 5.32 Å². The maximum atomic E-state index is 5.24. The maximum Gasteiger partial charge on any atom is 0.191 e. The van der Waals surface area contributed by atoms with E-state index in [0.29, 0.717) is 5.89 Å². The molecule has 21 heavy (non-hydrogen) atoms. The molecule has 0 bridgehead atoms. The fourth-order valence-electron chi connectivity index (χ4n) is 2.25. The van der Waals surface area contributed by atoms with Crippen LogP contribution in [0.2, 0.25) is 0 Å². The number of hydrogen-bond acceptors (Lipinski definition) is 3. The minimum Gasteiger partial charge on any atom is -0.449 e. The lowest BCUT2D eigenvalue weighted by Crippen LogP contribution is -1.98. The third-order valence-corrected chi connectivity index (χ3v) is 3.47. The molecule has 3 aromatic rings. The van der Waals surface area contributed by atoms with Gasteiger partial charge in [-0.2, -0.15) is 0 Å². The van der Waals surface area contributed by atoms with E-state index in [1.54, 1.807) is 6.26 Å². The molecule has 0 saturated heterocycles. The average molecular weight is 281 g/mol. The van der Waals surface area contributed by atoms with Crippen LogP contribution in [0.3, 0.4) is 0 Å². The third-order valence-electron chi connectivity index (χ3n) is 3.47. The molecule has 4 heteroatoms. The van der Waals surface area contributed by atoms with Crippen molar-refractivity contribution < 1.29 is 4.42 Å². The zero-order valence-corrected chi connectivity index (χ0v) is 12.3. The second kappa shape index (κ2) is 5.87. The zero-order valence-electron chi connectivity index (χ0n) is 12.3. The van der Waals surface area contributed by atoms with Crippen LogP contribution >= 0.6 is 0 Å². The molecule has 1 N–H and O–H groups in total. The predicted octanol–water partition coefficient (Wildman–Crippen LogP) is 4.08. The SMILES string of the molecule is CCn1ccc(CNc2ccc(-c3coc(C)n3)cc2)c1. The van der Waals surface area contributed by atoms with E-state index in [4.69, 9.17) is 4.42 Å². The Hall–Kier alpha value is -2.49. The van der Waals surface area contributed by atoms with Gasteiger partial charge in [-0.15, -0.1) is 0 Å². The van der Waals surface area contributed by atoms with E-state index in [1.807, 2.05) is 6.92 Å². The molecule has 0 radical (unpaired) electrons. The summed E-state index contributed by atoms with van der Waals surface area (Å²) in [4.78, 5) is 4.33. The molecule has 0 aliphatic rings. The summed E-state index contributed by atoms with van der Waals surface area (Å²) >= 11 is 0. The first-order chi connectivity index (χ1) is 10.2. The summed E-state index contributed by atoms with van der Waals surface area (Å²) in [5.41, 5.74) is 4.32. The molecular formula is C17H19N3O.